The number of aromatic nitrogens is 1. The molecule has 0 atom stereocenters. The van der Waals surface area contributed by atoms with E-state index in [9.17, 15) is 9.59 Å². The van der Waals surface area contributed by atoms with E-state index < -0.39 is 11.5 Å². The SMILES string of the molecule is O=C(O)CC1(NC(=O)c2ccc(OC3CCCC3)nc2)CCC1. The van der Waals surface area contributed by atoms with E-state index in [1.807, 2.05) is 0 Å². The number of pyridine rings is 1. The lowest BCUT2D eigenvalue weighted by atomic mass is 9.74. The Morgan fingerprint density at radius 1 is 1.26 bits per heavy atom. The molecular formula is C17H22N2O4. The molecule has 23 heavy (non-hydrogen) atoms. The third kappa shape index (κ3) is 3.81. The van der Waals surface area contributed by atoms with Gasteiger partial charge in [-0.05, 0) is 51.0 Å². The molecule has 0 unspecified atom stereocenters. The van der Waals surface area contributed by atoms with Crippen LogP contribution in [0.15, 0.2) is 18.3 Å². The number of amides is 1. The van der Waals surface area contributed by atoms with E-state index in [0.717, 1.165) is 19.3 Å². The molecule has 2 aliphatic carbocycles. The summed E-state index contributed by atoms with van der Waals surface area (Å²) in [5.41, 5.74) is -0.164. The highest BCUT2D eigenvalue weighted by molar-refractivity contribution is 5.94. The van der Waals surface area contributed by atoms with Crippen LogP contribution in [0, 0.1) is 0 Å². The summed E-state index contributed by atoms with van der Waals surface area (Å²) in [6.45, 7) is 0. The first-order valence-corrected chi connectivity index (χ1v) is 8.23. The monoisotopic (exact) mass is 318 g/mol. The van der Waals surface area contributed by atoms with Crippen molar-refractivity contribution < 1.29 is 19.4 Å². The van der Waals surface area contributed by atoms with Gasteiger partial charge in [-0.25, -0.2) is 4.98 Å². The van der Waals surface area contributed by atoms with Gasteiger partial charge in [0, 0.05) is 12.3 Å². The number of nitrogens with zero attached hydrogens (tertiary/aromatic N) is 1. The predicted octanol–water partition coefficient (Wildman–Crippen LogP) is 2.53. The van der Waals surface area contributed by atoms with Crippen LogP contribution in [0.4, 0.5) is 0 Å². The summed E-state index contributed by atoms with van der Waals surface area (Å²) < 4.78 is 5.78. The first kappa shape index (κ1) is 15.8. The molecular weight excluding hydrogens is 296 g/mol. The predicted molar refractivity (Wildman–Crippen MR) is 83.4 cm³/mol. The minimum absolute atomic E-state index is 0.0327. The molecule has 6 nitrogen and oxygen atoms in total. The van der Waals surface area contributed by atoms with Crippen molar-refractivity contribution in [1.82, 2.24) is 10.3 Å². The number of hydrogen-bond acceptors (Lipinski definition) is 4. The molecule has 0 spiro atoms. The molecule has 2 fully saturated rings. The molecule has 6 heteroatoms. The van der Waals surface area contributed by atoms with Crippen molar-refractivity contribution >= 4 is 11.9 Å². The fraction of sp³-hybridized carbons (Fsp3) is 0.588. The maximum atomic E-state index is 12.3. The van der Waals surface area contributed by atoms with Crippen LogP contribution >= 0.6 is 0 Å². The summed E-state index contributed by atoms with van der Waals surface area (Å²) in [6, 6.07) is 3.39. The van der Waals surface area contributed by atoms with Gasteiger partial charge in [0.25, 0.3) is 5.91 Å². The van der Waals surface area contributed by atoms with Gasteiger partial charge in [0.15, 0.2) is 0 Å². The van der Waals surface area contributed by atoms with Crippen molar-refractivity contribution in [2.75, 3.05) is 0 Å². The lowest BCUT2D eigenvalue weighted by Gasteiger charge is -2.41. The molecule has 1 aromatic rings. The molecule has 1 aromatic heterocycles. The van der Waals surface area contributed by atoms with Crippen molar-refractivity contribution in [3.63, 3.8) is 0 Å². The molecule has 124 valence electrons. The van der Waals surface area contributed by atoms with Gasteiger partial charge < -0.3 is 15.2 Å². The molecule has 0 bridgehead atoms. The number of ether oxygens (including phenoxy) is 1. The average molecular weight is 318 g/mol. The average Bonchev–Trinajstić information content (AvgIpc) is 2.98. The molecule has 0 aromatic carbocycles. The molecule has 0 aliphatic heterocycles. The molecule has 2 N–H and O–H groups in total. The van der Waals surface area contributed by atoms with Crippen molar-refractivity contribution in [1.29, 1.82) is 0 Å². The van der Waals surface area contributed by atoms with Crippen LogP contribution in [0.5, 0.6) is 5.88 Å². The van der Waals surface area contributed by atoms with Crippen LogP contribution in [-0.4, -0.2) is 33.6 Å². The van der Waals surface area contributed by atoms with Gasteiger partial charge in [-0.2, -0.15) is 0 Å². The Morgan fingerprint density at radius 3 is 2.52 bits per heavy atom. The van der Waals surface area contributed by atoms with E-state index in [1.54, 1.807) is 12.1 Å². The maximum absolute atomic E-state index is 12.3. The fourth-order valence-corrected chi connectivity index (χ4v) is 3.31. The highest BCUT2D eigenvalue weighted by Crippen LogP contribution is 2.35. The highest BCUT2D eigenvalue weighted by Gasteiger charge is 2.40. The van der Waals surface area contributed by atoms with Crippen molar-refractivity contribution in [3.05, 3.63) is 23.9 Å². The molecule has 0 saturated heterocycles. The summed E-state index contributed by atoms with van der Waals surface area (Å²) in [6.07, 6.45) is 8.55. The standard InChI is InChI=1S/C17H22N2O4/c20-15(21)10-17(8-3-9-17)19-16(22)12-6-7-14(18-11-12)23-13-4-1-2-5-13/h6-7,11,13H,1-5,8-10H2,(H,19,22)(H,20,21). The summed E-state index contributed by atoms with van der Waals surface area (Å²) in [5, 5.41) is 11.9. The zero-order valence-corrected chi connectivity index (χ0v) is 13.1. The van der Waals surface area contributed by atoms with Gasteiger partial charge in [-0.15, -0.1) is 0 Å². The largest absolute Gasteiger partial charge is 0.481 e. The number of carbonyl (C=O) groups excluding carboxylic acids is 1. The highest BCUT2D eigenvalue weighted by atomic mass is 16.5. The van der Waals surface area contributed by atoms with E-state index >= 15 is 0 Å². The number of carbonyl (C=O) groups is 2. The summed E-state index contributed by atoms with van der Waals surface area (Å²) in [7, 11) is 0. The number of nitrogens with one attached hydrogen (secondary N) is 1. The van der Waals surface area contributed by atoms with Crippen LogP contribution < -0.4 is 10.1 Å². The van der Waals surface area contributed by atoms with E-state index in [2.05, 4.69) is 10.3 Å². The summed E-state index contributed by atoms with van der Waals surface area (Å²) in [4.78, 5) is 27.5. The Hall–Kier alpha value is -2.11. The maximum Gasteiger partial charge on any atom is 0.305 e. The Morgan fingerprint density at radius 2 is 2.00 bits per heavy atom. The molecule has 2 saturated carbocycles. The fourth-order valence-electron chi connectivity index (χ4n) is 3.31. The normalized spacial score (nSPS) is 19.8. The van der Waals surface area contributed by atoms with Crippen LogP contribution in [0.25, 0.3) is 0 Å². The lowest BCUT2D eigenvalue weighted by molar-refractivity contribution is -0.139. The van der Waals surface area contributed by atoms with E-state index in [4.69, 9.17) is 9.84 Å². The van der Waals surface area contributed by atoms with Crippen LogP contribution in [-0.2, 0) is 4.79 Å². The quantitative estimate of drug-likeness (QED) is 0.841. The zero-order chi connectivity index (χ0) is 16.3. The van der Waals surface area contributed by atoms with Crippen LogP contribution in [0.3, 0.4) is 0 Å². The lowest BCUT2D eigenvalue weighted by Crippen LogP contribution is -2.54. The molecule has 0 radical (unpaired) electrons. The van der Waals surface area contributed by atoms with Crippen molar-refractivity contribution in [3.8, 4) is 5.88 Å². The Bertz CT molecular complexity index is 575. The number of hydrogen-bond donors (Lipinski definition) is 2. The third-order valence-electron chi connectivity index (χ3n) is 4.77. The Labute approximate surface area is 135 Å². The van der Waals surface area contributed by atoms with E-state index in [0.29, 0.717) is 24.3 Å². The molecule has 1 amide bonds. The Kier molecular flexibility index (Phi) is 4.50. The summed E-state index contributed by atoms with van der Waals surface area (Å²) in [5.74, 6) is -0.619. The van der Waals surface area contributed by atoms with Crippen LogP contribution in [0.1, 0.15) is 61.7 Å². The first-order valence-electron chi connectivity index (χ1n) is 8.23. The molecule has 1 heterocycles. The second kappa shape index (κ2) is 6.56. The van der Waals surface area contributed by atoms with Gasteiger partial charge in [0.2, 0.25) is 5.88 Å². The van der Waals surface area contributed by atoms with E-state index in [1.165, 1.54) is 19.0 Å². The smallest absolute Gasteiger partial charge is 0.305 e. The topological polar surface area (TPSA) is 88.5 Å². The minimum Gasteiger partial charge on any atom is -0.481 e. The van der Waals surface area contributed by atoms with Gasteiger partial charge in [-0.1, -0.05) is 0 Å². The minimum atomic E-state index is -0.886. The first-order chi connectivity index (χ1) is 11.1. The Balaban J connectivity index is 1.59. The number of carboxylic acids is 1. The second-order valence-electron chi connectivity index (χ2n) is 6.57. The second-order valence-corrected chi connectivity index (χ2v) is 6.57. The van der Waals surface area contributed by atoms with Gasteiger partial charge in [0.1, 0.15) is 6.10 Å². The molecule has 3 rings (SSSR count). The van der Waals surface area contributed by atoms with Gasteiger partial charge in [0.05, 0.1) is 17.5 Å². The summed E-state index contributed by atoms with van der Waals surface area (Å²) >= 11 is 0. The number of aliphatic carboxylic acids is 1. The van der Waals surface area contributed by atoms with Crippen molar-refractivity contribution in [2.24, 2.45) is 0 Å². The van der Waals surface area contributed by atoms with Crippen molar-refractivity contribution in [2.45, 2.75) is 63.0 Å². The van der Waals surface area contributed by atoms with Crippen LogP contribution in [0.2, 0.25) is 0 Å². The third-order valence-corrected chi connectivity index (χ3v) is 4.77. The van der Waals surface area contributed by atoms with Gasteiger partial charge in [-0.3, -0.25) is 9.59 Å². The van der Waals surface area contributed by atoms with Gasteiger partial charge >= 0.3 is 5.97 Å². The molecule has 2 aliphatic rings. The zero-order valence-electron chi connectivity index (χ0n) is 13.1. The van der Waals surface area contributed by atoms with E-state index in [-0.39, 0.29) is 18.4 Å². The number of rotatable bonds is 6. The number of carboxylic acid groups (broad SMARTS) is 1.